The third-order valence-electron chi connectivity index (χ3n) is 5.15. The van der Waals surface area contributed by atoms with E-state index in [-0.39, 0.29) is 12.8 Å². The molecule has 4 N–H and O–H groups in total. The number of aromatic nitrogens is 2. The highest BCUT2D eigenvalue weighted by atomic mass is 19.4. The Morgan fingerprint density at radius 1 is 1.19 bits per heavy atom. The number of carbonyl (C=O) groups excluding carboxylic acids is 1. The van der Waals surface area contributed by atoms with Crippen LogP contribution in [-0.4, -0.2) is 28.1 Å². The van der Waals surface area contributed by atoms with E-state index in [1.165, 1.54) is 0 Å². The number of benzene rings is 1. The molecule has 1 aliphatic rings. The van der Waals surface area contributed by atoms with Gasteiger partial charge in [0.15, 0.2) is 0 Å². The third-order valence-corrected chi connectivity index (χ3v) is 5.15. The predicted molar refractivity (Wildman–Crippen MR) is 95.9 cm³/mol. The number of nitrogens with zero attached hydrogens (tertiary/aromatic N) is 1. The number of nitrogens with two attached hydrogens (primary N) is 1. The van der Waals surface area contributed by atoms with E-state index in [1.54, 1.807) is 36.7 Å². The number of carbonyl (C=O) groups is 1. The molecule has 4 rings (SSSR count). The highest BCUT2D eigenvalue weighted by molar-refractivity contribution is 5.97. The van der Waals surface area contributed by atoms with Crippen LogP contribution in [0.3, 0.4) is 0 Å². The second-order valence-electron chi connectivity index (χ2n) is 6.80. The third kappa shape index (κ3) is 2.95. The van der Waals surface area contributed by atoms with Crippen LogP contribution in [0.25, 0.3) is 22.2 Å². The summed E-state index contributed by atoms with van der Waals surface area (Å²) in [5.74, 6) is -0.825. The Kier molecular flexibility index (Phi) is 3.96. The highest BCUT2D eigenvalue weighted by Crippen LogP contribution is 2.59. The Labute approximate surface area is 152 Å². The van der Waals surface area contributed by atoms with Crippen molar-refractivity contribution in [3.05, 3.63) is 48.8 Å². The van der Waals surface area contributed by atoms with Gasteiger partial charge in [-0.05, 0) is 48.2 Å². The van der Waals surface area contributed by atoms with Crippen molar-refractivity contribution in [1.82, 2.24) is 9.97 Å². The van der Waals surface area contributed by atoms with Gasteiger partial charge < -0.3 is 16.0 Å². The Balaban J connectivity index is 1.52. The Bertz CT molecular complexity index is 990. The number of H-pyrrole nitrogens is 1. The van der Waals surface area contributed by atoms with Gasteiger partial charge in [-0.25, -0.2) is 4.98 Å². The first-order chi connectivity index (χ1) is 12.8. The van der Waals surface area contributed by atoms with Crippen LogP contribution in [0, 0.1) is 5.41 Å². The Morgan fingerprint density at radius 3 is 2.52 bits per heavy atom. The maximum atomic E-state index is 13.1. The summed E-state index contributed by atoms with van der Waals surface area (Å²) in [6, 6.07) is 9.05. The van der Waals surface area contributed by atoms with Crippen LogP contribution < -0.4 is 11.1 Å². The lowest BCUT2D eigenvalue weighted by atomic mass is 9.95. The van der Waals surface area contributed by atoms with Crippen LogP contribution in [0.15, 0.2) is 48.8 Å². The monoisotopic (exact) mass is 374 g/mol. The number of hydrogen-bond donors (Lipinski definition) is 3. The molecule has 1 aliphatic carbocycles. The van der Waals surface area contributed by atoms with Crippen LogP contribution in [0.4, 0.5) is 18.9 Å². The van der Waals surface area contributed by atoms with Crippen molar-refractivity contribution in [2.45, 2.75) is 25.1 Å². The fourth-order valence-corrected chi connectivity index (χ4v) is 3.32. The number of nitrogens with one attached hydrogen (secondary N) is 2. The van der Waals surface area contributed by atoms with E-state index in [9.17, 15) is 18.0 Å². The molecule has 5 nitrogen and oxygen atoms in total. The molecule has 1 saturated carbocycles. The minimum absolute atomic E-state index is 0.112. The molecule has 8 heteroatoms. The smallest absolute Gasteiger partial charge is 0.346 e. The molecule has 1 fully saturated rings. The number of hydrogen-bond acceptors (Lipinski definition) is 3. The van der Waals surface area contributed by atoms with Crippen molar-refractivity contribution in [3.8, 4) is 11.1 Å². The molecule has 27 heavy (non-hydrogen) atoms. The van der Waals surface area contributed by atoms with Gasteiger partial charge in [-0.2, -0.15) is 13.2 Å². The van der Waals surface area contributed by atoms with E-state index in [0.29, 0.717) is 5.69 Å². The predicted octanol–water partition coefficient (Wildman–Crippen LogP) is 3.84. The minimum Gasteiger partial charge on any atom is -0.346 e. The molecule has 2 aromatic heterocycles. The summed E-state index contributed by atoms with van der Waals surface area (Å²) in [7, 11) is 0. The van der Waals surface area contributed by atoms with Crippen molar-refractivity contribution in [2.75, 3.05) is 5.32 Å². The number of halogens is 3. The maximum absolute atomic E-state index is 13.1. The molecule has 0 aliphatic heterocycles. The largest absolute Gasteiger partial charge is 0.396 e. The van der Waals surface area contributed by atoms with Crippen LogP contribution >= 0.6 is 0 Å². The van der Waals surface area contributed by atoms with Crippen molar-refractivity contribution in [3.63, 3.8) is 0 Å². The van der Waals surface area contributed by atoms with Crippen molar-refractivity contribution < 1.29 is 18.0 Å². The first-order valence-corrected chi connectivity index (χ1v) is 8.47. The van der Waals surface area contributed by atoms with Crippen molar-refractivity contribution in [2.24, 2.45) is 11.1 Å². The number of amides is 1. The molecular formula is C19H17F3N4O. The fourth-order valence-electron chi connectivity index (χ4n) is 3.32. The van der Waals surface area contributed by atoms with E-state index in [4.69, 9.17) is 5.73 Å². The zero-order valence-electron chi connectivity index (χ0n) is 14.2. The Hall–Kier alpha value is -2.87. The van der Waals surface area contributed by atoms with E-state index in [2.05, 4.69) is 15.3 Å². The standard InChI is InChI=1S/C19H17F3N4O/c20-19(21,22)18(7-8-18)15(23)17(27)26-12-3-1-11(2-4-12)13-5-9-24-16-14(13)6-10-25-16/h1-6,9-10,15H,7-8,23H2,(H,24,25)(H,26,27). The lowest BCUT2D eigenvalue weighted by molar-refractivity contribution is -0.193. The molecule has 1 amide bonds. The van der Waals surface area contributed by atoms with E-state index >= 15 is 0 Å². The lowest BCUT2D eigenvalue weighted by Crippen LogP contribution is -2.49. The maximum Gasteiger partial charge on any atom is 0.396 e. The molecule has 0 saturated heterocycles. The summed E-state index contributed by atoms with van der Waals surface area (Å²) in [4.78, 5) is 19.5. The number of anilines is 1. The second kappa shape index (κ2) is 6.09. The first kappa shape index (κ1) is 17.5. The molecule has 1 atom stereocenters. The number of pyridine rings is 1. The van der Waals surface area contributed by atoms with E-state index in [1.807, 2.05) is 12.1 Å². The van der Waals surface area contributed by atoms with Crippen molar-refractivity contribution in [1.29, 1.82) is 0 Å². The van der Waals surface area contributed by atoms with Gasteiger partial charge in [-0.3, -0.25) is 4.79 Å². The summed E-state index contributed by atoms with van der Waals surface area (Å²) < 4.78 is 39.4. The molecule has 3 aromatic rings. The molecular weight excluding hydrogens is 357 g/mol. The van der Waals surface area contributed by atoms with Gasteiger partial charge >= 0.3 is 6.18 Å². The van der Waals surface area contributed by atoms with Gasteiger partial charge in [-0.1, -0.05) is 12.1 Å². The van der Waals surface area contributed by atoms with Crippen molar-refractivity contribution >= 4 is 22.6 Å². The first-order valence-electron chi connectivity index (χ1n) is 8.47. The van der Waals surface area contributed by atoms with E-state index < -0.39 is 23.5 Å². The fraction of sp³-hybridized carbons (Fsp3) is 0.263. The molecule has 1 unspecified atom stereocenters. The molecule has 0 bridgehead atoms. The number of aromatic amines is 1. The van der Waals surface area contributed by atoms with Gasteiger partial charge in [-0.15, -0.1) is 0 Å². The van der Waals surface area contributed by atoms with Gasteiger partial charge in [0.2, 0.25) is 5.91 Å². The normalized spacial score (nSPS) is 16.9. The average molecular weight is 374 g/mol. The lowest BCUT2D eigenvalue weighted by Gasteiger charge is -2.25. The number of fused-ring (bicyclic) bond motifs is 1. The molecule has 1 aromatic carbocycles. The summed E-state index contributed by atoms with van der Waals surface area (Å²) in [6.07, 6.45) is -1.21. The average Bonchev–Trinajstić information content (AvgIpc) is 3.33. The molecule has 0 radical (unpaired) electrons. The van der Waals surface area contributed by atoms with Gasteiger partial charge in [0.25, 0.3) is 0 Å². The van der Waals surface area contributed by atoms with Gasteiger partial charge in [0.1, 0.15) is 5.65 Å². The number of rotatable bonds is 4. The molecule has 0 spiro atoms. The van der Waals surface area contributed by atoms with Crippen LogP contribution in [0.1, 0.15) is 12.8 Å². The zero-order valence-corrected chi connectivity index (χ0v) is 14.2. The van der Waals surface area contributed by atoms with Crippen LogP contribution in [0.5, 0.6) is 0 Å². The minimum atomic E-state index is -4.48. The summed E-state index contributed by atoms with van der Waals surface area (Å²) in [6.45, 7) is 0. The Morgan fingerprint density at radius 2 is 1.89 bits per heavy atom. The summed E-state index contributed by atoms with van der Waals surface area (Å²) >= 11 is 0. The SMILES string of the molecule is NC(C(=O)Nc1ccc(-c2ccnc3[nH]ccc23)cc1)C1(C(F)(F)F)CC1. The quantitative estimate of drug-likeness (QED) is 0.649. The van der Waals surface area contributed by atoms with Gasteiger partial charge in [0, 0.05) is 23.5 Å². The van der Waals surface area contributed by atoms with E-state index in [0.717, 1.165) is 22.2 Å². The van der Waals surface area contributed by atoms with Crippen LogP contribution in [-0.2, 0) is 4.79 Å². The summed E-state index contributed by atoms with van der Waals surface area (Å²) in [5.41, 5.74) is 6.56. The number of alkyl halides is 3. The molecule has 140 valence electrons. The highest BCUT2D eigenvalue weighted by Gasteiger charge is 2.68. The molecule has 2 heterocycles. The summed E-state index contributed by atoms with van der Waals surface area (Å²) in [5, 5.41) is 3.44. The van der Waals surface area contributed by atoms with Gasteiger partial charge in [0.05, 0.1) is 11.5 Å². The zero-order chi connectivity index (χ0) is 19.2. The topological polar surface area (TPSA) is 83.8 Å². The second-order valence-corrected chi connectivity index (χ2v) is 6.80. The van der Waals surface area contributed by atoms with Crippen LogP contribution in [0.2, 0.25) is 0 Å².